The number of amides is 4. The van der Waals surface area contributed by atoms with Crippen LogP contribution in [0.2, 0.25) is 0 Å². The zero-order valence-corrected chi connectivity index (χ0v) is 18.2. The Morgan fingerprint density at radius 2 is 1.21 bits per heavy atom. The molecule has 4 atom stereocenters. The summed E-state index contributed by atoms with van der Waals surface area (Å²) in [5, 5.41) is 33.2. The van der Waals surface area contributed by atoms with Gasteiger partial charge in [-0.25, -0.2) is 4.79 Å². The summed E-state index contributed by atoms with van der Waals surface area (Å²) in [6.45, 7) is 0. The fraction of sp³-hybridized carbons (Fsp3) is 0.588. The molecule has 33 heavy (non-hydrogen) atoms. The first-order chi connectivity index (χ1) is 15.3. The Kier molecular flexibility index (Phi) is 13.1. The van der Waals surface area contributed by atoms with Crippen molar-refractivity contribution in [1.82, 2.24) is 16.0 Å². The molecule has 0 aliphatic carbocycles. The normalized spacial score (nSPS) is 14.1. The van der Waals surface area contributed by atoms with Crippen molar-refractivity contribution < 1.29 is 48.9 Å². The summed E-state index contributed by atoms with van der Waals surface area (Å²) in [4.78, 5) is 81.2. The molecule has 16 heteroatoms. The molecule has 0 radical (unpaired) electrons. The number of primary amides is 1. The van der Waals surface area contributed by atoms with Crippen molar-refractivity contribution in [3.63, 3.8) is 0 Å². The lowest BCUT2D eigenvalue weighted by Gasteiger charge is -2.24. The van der Waals surface area contributed by atoms with Gasteiger partial charge in [0.05, 0.1) is 12.5 Å². The number of hydrogen-bond acceptors (Lipinski definition) is 9. The summed E-state index contributed by atoms with van der Waals surface area (Å²) in [5.74, 6) is -8.38. The Balaban J connectivity index is 5.53. The Hall–Kier alpha value is -3.40. The van der Waals surface area contributed by atoms with Gasteiger partial charge in [0.25, 0.3) is 0 Å². The fourth-order valence-corrected chi connectivity index (χ4v) is 2.54. The third-order valence-electron chi connectivity index (χ3n) is 4.12. The number of carbonyl (C=O) groups is 7. The zero-order valence-electron chi connectivity index (χ0n) is 17.4. The topological polar surface area (TPSA) is 268 Å². The summed E-state index contributed by atoms with van der Waals surface area (Å²) in [5.41, 5.74) is 10.6. The van der Waals surface area contributed by atoms with E-state index < -0.39 is 85.0 Å². The number of hydrogen-bond donors (Lipinski definition) is 9. The van der Waals surface area contributed by atoms with E-state index in [9.17, 15) is 33.6 Å². The van der Waals surface area contributed by atoms with Gasteiger partial charge in [-0.1, -0.05) is 0 Å². The highest BCUT2D eigenvalue weighted by molar-refractivity contribution is 7.80. The van der Waals surface area contributed by atoms with Crippen LogP contribution in [0.15, 0.2) is 0 Å². The van der Waals surface area contributed by atoms with E-state index in [-0.39, 0.29) is 18.6 Å². The number of carboxylic acid groups (broad SMARTS) is 3. The fourth-order valence-electron chi connectivity index (χ4n) is 2.37. The Morgan fingerprint density at radius 3 is 1.67 bits per heavy atom. The van der Waals surface area contributed by atoms with Crippen molar-refractivity contribution >= 4 is 54.2 Å². The van der Waals surface area contributed by atoms with E-state index in [1.165, 1.54) is 0 Å². The molecule has 0 aromatic heterocycles. The summed E-state index contributed by atoms with van der Waals surface area (Å²) in [7, 11) is 0. The minimum absolute atomic E-state index is 0.0764. The second-order valence-electron chi connectivity index (χ2n) is 6.85. The monoisotopic (exact) mass is 493 g/mol. The second kappa shape index (κ2) is 14.6. The maximum absolute atomic E-state index is 12.6. The lowest BCUT2D eigenvalue weighted by atomic mass is 10.1. The lowest BCUT2D eigenvalue weighted by molar-refractivity contribution is -0.144. The zero-order chi connectivity index (χ0) is 25.7. The van der Waals surface area contributed by atoms with E-state index >= 15 is 0 Å². The second-order valence-corrected chi connectivity index (χ2v) is 7.21. The van der Waals surface area contributed by atoms with Crippen LogP contribution < -0.4 is 27.4 Å². The quantitative estimate of drug-likeness (QED) is 0.0947. The summed E-state index contributed by atoms with van der Waals surface area (Å²) >= 11 is 3.85. The SMILES string of the molecule is NC(=O)CCC(NC(=O)C(N)CS)C(=O)NC(CC(=O)O)C(=O)NC(CCC(=O)O)C(=O)O. The van der Waals surface area contributed by atoms with E-state index in [0.717, 1.165) is 0 Å². The molecular weight excluding hydrogens is 466 g/mol. The average molecular weight is 493 g/mol. The van der Waals surface area contributed by atoms with Crippen LogP contribution in [0.4, 0.5) is 0 Å². The molecule has 0 aromatic carbocycles. The van der Waals surface area contributed by atoms with Crippen LogP contribution in [0.1, 0.15) is 32.1 Å². The molecule has 4 unspecified atom stereocenters. The molecule has 0 saturated heterocycles. The van der Waals surface area contributed by atoms with Gasteiger partial charge in [-0.2, -0.15) is 12.6 Å². The molecule has 0 aromatic rings. The molecular formula is C17H27N5O10S. The summed E-state index contributed by atoms with van der Waals surface area (Å²) < 4.78 is 0. The predicted octanol–water partition coefficient (Wildman–Crippen LogP) is -3.61. The third kappa shape index (κ3) is 12.3. The summed E-state index contributed by atoms with van der Waals surface area (Å²) in [6.07, 6.45) is -2.71. The highest BCUT2D eigenvalue weighted by Gasteiger charge is 2.31. The van der Waals surface area contributed by atoms with Gasteiger partial charge in [-0.15, -0.1) is 0 Å². The molecule has 0 fully saturated rings. The van der Waals surface area contributed by atoms with Gasteiger partial charge >= 0.3 is 17.9 Å². The first kappa shape index (κ1) is 29.6. The van der Waals surface area contributed by atoms with E-state index in [0.29, 0.717) is 0 Å². The number of thiol groups is 1. The minimum Gasteiger partial charge on any atom is -0.481 e. The van der Waals surface area contributed by atoms with Crippen LogP contribution in [-0.4, -0.2) is 86.8 Å². The third-order valence-corrected chi connectivity index (χ3v) is 4.51. The van der Waals surface area contributed by atoms with Crippen LogP contribution in [0.5, 0.6) is 0 Å². The highest BCUT2D eigenvalue weighted by atomic mass is 32.1. The lowest BCUT2D eigenvalue weighted by Crippen LogP contribution is -2.57. The van der Waals surface area contributed by atoms with Gasteiger partial charge in [0, 0.05) is 18.6 Å². The molecule has 0 heterocycles. The van der Waals surface area contributed by atoms with Crippen LogP contribution in [0, 0.1) is 0 Å². The van der Waals surface area contributed by atoms with E-state index in [4.69, 9.17) is 26.8 Å². The van der Waals surface area contributed by atoms with Gasteiger partial charge in [0.15, 0.2) is 0 Å². The molecule has 15 nitrogen and oxygen atoms in total. The van der Waals surface area contributed by atoms with Crippen LogP contribution in [0.25, 0.3) is 0 Å². The maximum Gasteiger partial charge on any atom is 0.326 e. The number of rotatable bonds is 16. The Bertz CT molecular complexity index is 777. The molecule has 0 rings (SSSR count). The first-order valence-corrected chi connectivity index (χ1v) is 10.1. The average Bonchev–Trinajstić information content (AvgIpc) is 2.71. The van der Waals surface area contributed by atoms with Crippen molar-refractivity contribution in [3.05, 3.63) is 0 Å². The number of carboxylic acids is 3. The molecule has 0 saturated carbocycles. The van der Waals surface area contributed by atoms with Crippen molar-refractivity contribution in [2.45, 2.75) is 56.3 Å². The standard InChI is InChI=1S/C17H27N5O10S/c18-7(6-33)14(28)20-8(1-3-11(19)23)15(29)22-10(5-13(26)27)16(30)21-9(17(31)32)2-4-12(24)25/h7-10,33H,1-6,18H2,(H2,19,23)(H,20,28)(H,21,30)(H,22,29)(H,24,25)(H,26,27)(H,31,32). The molecule has 0 aliphatic rings. The number of carbonyl (C=O) groups excluding carboxylic acids is 4. The maximum atomic E-state index is 12.6. The number of nitrogens with one attached hydrogen (secondary N) is 3. The molecule has 0 bridgehead atoms. The van der Waals surface area contributed by atoms with Crippen LogP contribution >= 0.6 is 12.6 Å². The highest BCUT2D eigenvalue weighted by Crippen LogP contribution is 2.04. The van der Waals surface area contributed by atoms with E-state index in [1.54, 1.807) is 0 Å². The van der Waals surface area contributed by atoms with Crippen molar-refractivity contribution in [1.29, 1.82) is 0 Å². The van der Waals surface area contributed by atoms with Crippen LogP contribution in [0.3, 0.4) is 0 Å². The van der Waals surface area contributed by atoms with Gasteiger partial charge in [-0.05, 0) is 12.8 Å². The van der Waals surface area contributed by atoms with Crippen molar-refractivity contribution in [2.24, 2.45) is 11.5 Å². The molecule has 186 valence electrons. The van der Waals surface area contributed by atoms with E-state index in [1.807, 2.05) is 5.32 Å². The van der Waals surface area contributed by atoms with Crippen molar-refractivity contribution in [3.8, 4) is 0 Å². The van der Waals surface area contributed by atoms with Crippen molar-refractivity contribution in [2.75, 3.05) is 5.75 Å². The van der Waals surface area contributed by atoms with Gasteiger partial charge in [-0.3, -0.25) is 28.8 Å². The largest absolute Gasteiger partial charge is 0.481 e. The smallest absolute Gasteiger partial charge is 0.326 e. The van der Waals surface area contributed by atoms with Gasteiger partial charge in [0.2, 0.25) is 23.6 Å². The van der Waals surface area contributed by atoms with Crippen LogP contribution in [-0.2, 0) is 33.6 Å². The van der Waals surface area contributed by atoms with Gasteiger partial charge in [0.1, 0.15) is 18.1 Å². The first-order valence-electron chi connectivity index (χ1n) is 9.50. The Morgan fingerprint density at radius 1 is 0.727 bits per heavy atom. The molecule has 4 amide bonds. The molecule has 0 spiro atoms. The summed E-state index contributed by atoms with van der Waals surface area (Å²) in [6, 6.07) is -5.99. The molecule has 10 N–H and O–H groups in total. The predicted molar refractivity (Wildman–Crippen MR) is 113 cm³/mol. The van der Waals surface area contributed by atoms with E-state index in [2.05, 4.69) is 23.3 Å². The van der Waals surface area contributed by atoms with Gasteiger partial charge < -0.3 is 42.7 Å². The Labute approximate surface area is 193 Å². The number of nitrogens with two attached hydrogens (primary N) is 2. The molecule has 0 aliphatic heterocycles. The number of aliphatic carboxylic acids is 3. The minimum atomic E-state index is -1.78.